The summed E-state index contributed by atoms with van der Waals surface area (Å²) in [6.07, 6.45) is 4.61. The van der Waals surface area contributed by atoms with Gasteiger partial charge in [0.25, 0.3) is 0 Å². The highest BCUT2D eigenvalue weighted by atomic mass is 32.1. The van der Waals surface area contributed by atoms with Gasteiger partial charge in [0.1, 0.15) is 0 Å². The Labute approximate surface area is 115 Å². The third-order valence-electron chi connectivity index (χ3n) is 2.55. The Morgan fingerprint density at radius 3 is 3.00 bits per heavy atom. The number of hydrogen-bond acceptors (Lipinski definition) is 5. The lowest BCUT2D eigenvalue weighted by Gasteiger charge is -2.02. The van der Waals surface area contributed by atoms with E-state index in [4.69, 9.17) is 5.11 Å². The highest BCUT2D eigenvalue weighted by Gasteiger charge is 2.04. The van der Waals surface area contributed by atoms with Crippen LogP contribution in [0.25, 0.3) is 0 Å². The fourth-order valence-electron chi connectivity index (χ4n) is 1.69. The van der Waals surface area contributed by atoms with Crippen LogP contribution in [0.3, 0.4) is 0 Å². The average molecular weight is 280 g/mol. The predicted octanol–water partition coefficient (Wildman–Crippen LogP) is 1.15. The lowest BCUT2D eigenvalue weighted by Crippen LogP contribution is -2.16. The van der Waals surface area contributed by atoms with Gasteiger partial charge in [0.05, 0.1) is 12.6 Å². The van der Waals surface area contributed by atoms with Crippen molar-refractivity contribution in [2.45, 2.75) is 25.9 Å². The fraction of sp³-hybridized carbons (Fsp3) is 0.417. The average Bonchev–Trinajstić information content (AvgIpc) is 3.00. The van der Waals surface area contributed by atoms with Crippen LogP contribution in [0.15, 0.2) is 24.5 Å². The van der Waals surface area contributed by atoms with Crippen molar-refractivity contribution in [2.24, 2.45) is 0 Å². The molecule has 2 aromatic heterocycles. The van der Waals surface area contributed by atoms with Gasteiger partial charge in [0.15, 0.2) is 0 Å². The van der Waals surface area contributed by atoms with Crippen LogP contribution in [-0.4, -0.2) is 32.6 Å². The lowest BCUT2D eigenvalue weighted by atomic mass is 10.3. The number of aryl methyl sites for hydroxylation is 1. The zero-order valence-electron chi connectivity index (χ0n) is 10.5. The van der Waals surface area contributed by atoms with E-state index in [0.717, 1.165) is 35.8 Å². The van der Waals surface area contributed by atoms with Gasteiger partial charge in [-0.05, 0) is 25.1 Å². The molecule has 0 radical (unpaired) electrons. The molecule has 2 N–H and O–H groups in total. The predicted molar refractivity (Wildman–Crippen MR) is 72.0 cm³/mol. The standard InChI is InChI=1S/C12H16N4O2S/c17-12(18)8-10-2-3-11(19-10)9-13-4-1-6-16-7-5-14-15-16/h2-3,5,7,13H,1,4,6,8-9H2,(H,17,18). The summed E-state index contributed by atoms with van der Waals surface area (Å²) < 4.78 is 1.80. The molecule has 0 atom stereocenters. The quantitative estimate of drug-likeness (QED) is 0.709. The van der Waals surface area contributed by atoms with Crippen molar-refractivity contribution in [2.75, 3.05) is 6.54 Å². The number of carbonyl (C=O) groups is 1. The number of rotatable bonds is 8. The molecule has 0 amide bonds. The van der Waals surface area contributed by atoms with Crippen LogP contribution in [-0.2, 0) is 24.3 Å². The maximum absolute atomic E-state index is 10.6. The van der Waals surface area contributed by atoms with Crippen LogP contribution >= 0.6 is 11.3 Å². The summed E-state index contributed by atoms with van der Waals surface area (Å²) in [6, 6.07) is 3.86. The number of aliphatic carboxylic acids is 1. The van der Waals surface area contributed by atoms with Crippen molar-refractivity contribution in [1.82, 2.24) is 20.3 Å². The van der Waals surface area contributed by atoms with E-state index in [1.54, 1.807) is 22.2 Å². The number of nitrogens with one attached hydrogen (secondary N) is 1. The molecule has 2 rings (SSSR count). The monoisotopic (exact) mass is 280 g/mol. The Bertz CT molecular complexity index is 510. The van der Waals surface area contributed by atoms with E-state index in [9.17, 15) is 4.79 Å². The minimum atomic E-state index is -0.783. The Morgan fingerprint density at radius 2 is 2.26 bits per heavy atom. The van der Waals surface area contributed by atoms with E-state index in [0.29, 0.717) is 0 Å². The minimum absolute atomic E-state index is 0.108. The van der Waals surface area contributed by atoms with E-state index in [-0.39, 0.29) is 6.42 Å². The molecule has 19 heavy (non-hydrogen) atoms. The Hall–Kier alpha value is -1.73. The molecular weight excluding hydrogens is 264 g/mol. The SMILES string of the molecule is O=C(O)Cc1ccc(CNCCCn2ccnn2)s1. The zero-order valence-corrected chi connectivity index (χ0v) is 11.3. The van der Waals surface area contributed by atoms with E-state index >= 15 is 0 Å². The van der Waals surface area contributed by atoms with Crippen molar-refractivity contribution in [3.63, 3.8) is 0 Å². The second-order valence-electron chi connectivity index (χ2n) is 4.13. The summed E-state index contributed by atoms with van der Waals surface area (Å²) >= 11 is 1.55. The van der Waals surface area contributed by atoms with Gasteiger partial charge >= 0.3 is 5.97 Å². The first-order chi connectivity index (χ1) is 9.24. The normalized spacial score (nSPS) is 10.7. The maximum atomic E-state index is 10.6. The van der Waals surface area contributed by atoms with Gasteiger partial charge in [-0.25, -0.2) is 0 Å². The Balaban J connectivity index is 1.62. The molecule has 7 heteroatoms. The molecule has 2 aromatic rings. The first-order valence-electron chi connectivity index (χ1n) is 6.08. The number of nitrogens with zero attached hydrogens (tertiary/aromatic N) is 3. The molecule has 0 fully saturated rings. The van der Waals surface area contributed by atoms with Gasteiger partial charge in [0.2, 0.25) is 0 Å². The van der Waals surface area contributed by atoms with Crippen molar-refractivity contribution < 1.29 is 9.90 Å². The third kappa shape index (κ3) is 4.80. The molecule has 0 aromatic carbocycles. The van der Waals surface area contributed by atoms with E-state index < -0.39 is 5.97 Å². The number of carboxylic acids is 1. The molecule has 0 saturated carbocycles. The number of hydrogen-bond donors (Lipinski definition) is 2. The highest BCUT2D eigenvalue weighted by molar-refractivity contribution is 7.12. The van der Waals surface area contributed by atoms with E-state index in [1.165, 1.54) is 0 Å². The number of carboxylic acid groups (broad SMARTS) is 1. The summed E-state index contributed by atoms with van der Waals surface area (Å²) in [6.45, 7) is 2.52. The second-order valence-corrected chi connectivity index (χ2v) is 5.39. The van der Waals surface area contributed by atoms with E-state index in [1.807, 2.05) is 18.3 Å². The van der Waals surface area contributed by atoms with Gasteiger partial charge in [-0.15, -0.1) is 16.4 Å². The molecule has 0 bridgehead atoms. The summed E-state index contributed by atoms with van der Waals surface area (Å²) in [5.41, 5.74) is 0. The smallest absolute Gasteiger partial charge is 0.308 e. The molecule has 102 valence electrons. The van der Waals surface area contributed by atoms with Crippen molar-refractivity contribution in [1.29, 1.82) is 0 Å². The van der Waals surface area contributed by atoms with E-state index in [2.05, 4.69) is 15.6 Å². The van der Waals surface area contributed by atoms with Crippen molar-refractivity contribution in [3.8, 4) is 0 Å². The minimum Gasteiger partial charge on any atom is -0.481 e. The third-order valence-corrected chi connectivity index (χ3v) is 3.64. The zero-order chi connectivity index (χ0) is 13.5. The van der Waals surface area contributed by atoms with Gasteiger partial charge < -0.3 is 10.4 Å². The van der Waals surface area contributed by atoms with Crippen LogP contribution in [0.2, 0.25) is 0 Å². The van der Waals surface area contributed by atoms with Crippen LogP contribution in [0, 0.1) is 0 Å². The van der Waals surface area contributed by atoms with Crippen LogP contribution in [0.1, 0.15) is 16.2 Å². The molecule has 0 aliphatic heterocycles. The summed E-state index contributed by atoms with van der Waals surface area (Å²) in [7, 11) is 0. The summed E-state index contributed by atoms with van der Waals surface area (Å²) in [5, 5.41) is 19.7. The summed E-state index contributed by atoms with van der Waals surface area (Å²) in [4.78, 5) is 12.6. The molecular formula is C12H16N4O2S. The van der Waals surface area contributed by atoms with Gasteiger partial charge in [-0.3, -0.25) is 9.48 Å². The molecule has 2 heterocycles. The van der Waals surface area contributed by atoms with Crippen molar-refractivity contribution in [3.05, 3.63) is 34.3 Å². The van der Waals surface area contributed by atoms with Crippen LogP contribution in [0.4, 0.5) is 0 Å². The number of aromatic nitrogens is 3. The highest BCUT2D eigenvalue weighted by Crippen LogP contribution is 2.16. The maximum Gasteiger partial charge on any atom is 0.308 e. The number of thiophene rings is 1. The summed E-state index contributed by atoms with van der Waals surface area (Å²) in [5.74, 6) is -0.783. The molecule has 0 spiro atoms. The molecule has 0 unspecified atom stereocenters. The van der Waals surface area contributed by atoms with Gasteiger partial charge in [-0.2, -0.15) is 0 Å². The molecule has 6 nitrogen and oxygen atoms in total. The topological polar surface area (TPSA) is 80.0 Å². The molecule has 0 saturated heterocycles. The van der Waals surface area contributed by atoms with Crippen LogP contribution in [0.5, 0.6) is 0 Å². The Morgan fingerprint density at radius 1 is 1.42 bits per heavy atom. The van der Waals surface area contributed by atoms with Gasteiger partial charge in [-0.1, -0.05) is 5.21 Å². The largest absolute Gasteiger partial charge is 0.481 e. The Kier molecular flexibility index (Phi) is 5.05. The molecule has 0 aliphatic carbocycles. The first-order valence-corrected chi connectivity index (χ1v) is 6.90. The second kappa shape index (κ2) is 7.01. The first kappa shape index (κ1) is 13.7. The lowest BCUT2D eigenvalue weighted by molar-refractivity contribution is -0.136. The fourth-order valence-corrected chi connectivity index (χ4v) is 2.67. The molecule has 0 aliphatic rings. The van der Waals surface area contributed by atoms with Crippen molar-refractivity contribution >= 4 is 17.3 Å². The van der Waals surface area contributed by atoms with Gasteiger partial charge in [0, 0.05) is 29.0 Å². The van der Waals surface area contributed by atoms with Crippen LogP contribution < -0.4 is 5.32 Å².